The van der Waals surface area contributed by atoms with Crippen LogP contribution < -0.4 is 16.4 Å². The lowest BCUT2D eigenvalue weighted by Crippen LogP contribution is -2.59. The summed E-state index contributed by atoms with van der Waals surface area (Å²) in [4.78, 5) is 27.8. The zero-order valence-electron chi connectivity index (χ0n) is 20.6. The number of rotatable bonds is 3. The lowest BCUT2D eigenvalue weighted by atomic mass is 9.56. The Morgan fingerprint density at radius 1 is 0.943 bits per heavy atom. The van der Waals surface area contributed by atoms with Gasteiger partial charge in [0.25, 0.3) is 0 Å². The van der Waals surface area contributed by atoms with Crippen LogP contribution in [-0.2, 0) is 15.8 Å². The molecule has 4 N–H and O–H groups in total. The number of carbonyl (C=O) groups excluding carboxylic acids is 2. The number of hydrogen-bond donors (Lipinski definition) is 2. The fourth-order valence-electron chi connectivity index (χ4n) is 6.37. The van der Waals surface area contributed by atoms with Crippen LogP contribution in [0.2, 0.25) is 0 Å². The van der Waals surface area contributed by atoms with E-state index in [1.165, 1.54) is 29.7 Å². The molecule has 1 aliphatic heterocycles. The van der Waals surface area contributed by atoms with E-state index in [0.717, 1.165) is 12.3 Å². The molecule has 2 heterocycles. The standard InChI is InChI=1S/C14H19F3N4O.C10H16.CH3NO/c1-13(2,12(18)22)21-7-5-20(6-8-21)11-4-3-10(9-19-11)14(15,16)17;1-7-2-9-4-8(1)5-10(3-7)6-9;2-1-3/h3-4,9H,5-8H2,1-2H3,(H2,18,22);7-10H,1-6H2;1H,(H2,2,3). The smallest absolute Gasteiger partial charge is 0.372 e. The van der Waals surface area contributed by atoms with Gasteiger partial charge in [0.2, 0.25) is 12.3 Å². The summed E-state index contributed by atoms with van der Waals surface area (Å²) in [6, 6.07) is 2.40. The molecule has 10 heteroatoms. The predicted molar refractivity (Wildman–Crippen MR) is 128 cm³/mol. The van der Waals surface area contributed by atoms with Crippen LogP contribution in [-0.4, -0.2) is 53.9 Å². The third-order valence-electron chi connectivity index (χ3n) is 8.07. The van der Waals surface area contributed by atoms with Crippen molar-refractivity contribution in [1.82, 2.24) is 9.88 Å². The SMILES string of the molecule is C1C2CC3CC1CC(C2)C3.CC(C)(C(N)=O)N1CCN(c2ccc(C(F)(F)F)cn2)CC1.NC=O. The minimum atomic E-state index is -4.38. The highest BCUT2D eigenvalue weighted by atomic mass is 19.4. The van der Waals surface area contributed by atoms with E-state index in [0.29, 0.717) is 32.0 Å². The molecule has 4 saturated carbocycles. The monoisotopic (exact) mass is 497 g/mol. The quantitative estimate of drug-likeness (QED) is 0.623. The van der Waals surface area contributed by atoms with Gasteiger partial charge in [-0.3, -0.25) is 14.5 Å². The maximum absolute atomic E-state index is 12.5. The second-order valence-corrected chi connectivity index (χ2v) is 10.8. The minimum absolute atomic E-state index is 0.250. The number of piperazine rings is 1. The van der Waals surface area contributed by atoms with Crippen LogP contribution in [0.25, 0.3) is 0 Å². The van der Waals surface area contributed by atoms with Gasteiger partial charge in [0, 0.05) is 32.4 Å². The van der Waals surface area contributed by atoms with Crippen molar-refractivity contribution in [3.8, 4) is 0 Å². The van der Waals surface area contributed by atoms with Crippen molar-refractivity contribution in [3.05, 3.63) is 23.9 Å². The number of nitrogens with two attached hydrogens (primary N) is 2. The Kier molecular flexibility index (Phi) is 8.67. The summed E-state index contributed by atoms with van der Waals surface area (Å²) in [5, 5.41) is 0. The van der Waals surface area contributed by atoms with Crippen molar-refractivity contribution in [2.75, 3.05) is 31.1 Å². The highest BCUT2D eigenvalue weighted by Crippen LogP contribution is 2.53. The number of anilines is 1. The van der Waals surface area contributed by atoms with Gasteiger partial charge < -0.3 is 16.4 Å². The van der Waals surface area contributed by atoms with Crippen LogP contribution in [0.4, 0.5) is 19.0 Å². The van der Waals surface area contributed by atoms with Crippen LogP contribution in [0.15, 0.2) is 18.3 Å². The molecule has 0 aromatic carbocycles. The molecule has 5 aliphatic rings. The highest BCUT2D eigenvalue weighted by molar-refractivity contribution is 5.83. The second-order valence-electron chi connectivity index (χ2n) is 10.8. The highest BCUT2D eigenvalue weighted by Gasteiger charge is 2.41. The van der Waals surface area contributed by atoms with E-state index in [1.807, 2.05) is 9.80 Å². The first-order chi connectivity index (χ1) is 16.4. The number of hydrogen-bond acceptors (Lipinski definition) is 5. The first kappa shape index (κ1) is 27.2. The predicted octanol–water partition coefficient (Wildman–Crippen LogP) is 3.42. The number of primary amides is 2. The zero-order chi connectivity index (χ0) is 25.8. The number of pyridine rings is 1. The molecule has 0 spiro atoms. The van der Waals surface area contributed by atoms with Gasteiger partial charge >= 0.3 is 6.18 Å². The van der Waals surface area contributed by atoms with Crippen molar-refractivity contribution < 1.29 is 22.8 Å². The largest absolute Gasteiger partial charge is 0.417 e. The molecule has 1 saturated heterocycles. The zero-order valence-corrected chi connectivity index (χ0v) is 20.6. The molecule has 4 aliphatic carbocycles. The molecule has 0 unspecified atom stereocenters. The molecular weight excluding hydrogens is 459 g/mol. The van der Waals surface area contributed by atoms with Crippen LogP contribution >= 0.6 is 0 Å². The summed E-state index contributed by atoms with van der Waals surface area (Å²) in [5.41, 5.74) is 8.06. The lowest BCUT2D eigenvalue weighted by molar-refractivity contribution is -0.137. The summed E-state index contributed by atoms with van der Waals surface area (Å²) in [6.07, 6.45) is 6.34. The van der Waals surface area contributed by atoms with Gasteiger partial charge in [-0.25, -0.2) is 4.98 Å². The van der Waals surface area contributed by atoms with E-state index in [-0.39, 0.29) is 6.41 Å². The fraction of sp³-hybridized carbons (Fsp3) is 0.720. The van der Waals surface area contributed by atoms with Gasteiger partial charge in [0.05, 0.1) is 11.1 Å². The molecule has 1 aromatic heterocycles. The summed E-state index contributed by atoms with van der Waals surface area (Å²) < 4.78 is 37.5. The Morgan fingerprint density at radius 3 is 1.69 bits per heavy atom. The van der Waals surface area contributed by atoms with E-state index in [1.54, 1.807) is 52.4 Å². The number of amides is 2. The Balaban J connectivity index is 0.000000214. The summed E-state index contributed by atoms with van der Waals surface area (Å²) in [5.74, 6) is 4.82. The topological polar surface area (TPSA) is 106 Å². The third kappa shape index (κ3) is 6.86. The van der Waals surface area contributed by atoms with Gasteiger partial charge in [0.1, 0.15) is 5.82 Å². The van der Waals surface area contributed by atoms with Gasteiger partial charge in [-0.15, -0.1) is 0 Å². The van der Waals surface area contributed by atoms with Gasteiger partial charge in [-0.2, -0.15) is 13.2 Å². The minimum Gasteiger partial charge on any atom is -0.372 e. The van der Waals surface area contributed by atoms with E-state index in [9.17, 15) is 18.0 Å². The Labute approximate surface area is 205 Å². The number of halogens is 3. The molecule has 5 fully saturated rings. The average Bonchev–Trinajstić information content (AvgIpc) is 2.79. The average molecular weight is 498 g/mol. The van der Waals surface area contributed by atoms with Crippen molar-refractivity contribution >= 4 is 18.1 Å². The van der Waals surface area contributed by atoms with E-state index < -0.39 is 23.2 Å². The molecule has 0 radical (unpaired) electrons. The van der Waals surface area contributed by atoms with E-state index >= 15 is 0 Å². The first-order valence-corrected chi connectivity index (χ1v) is 12.4. The maximum Gasteiger partial charge on any atom is 0.417 e. The number of aromatic nitrogens is 1. The number of alkyl halides is 3. The fourth-order valence-corrected chi connectivity index (χ4v) is 6.37. The van der Waals surface area contributed by atoms with E-state index in [4.69, 9.17) is 10.5 Å². The molecule has 2 amide bonds. The number of carbonyl (C=O) groups is 2. The van der Waals surface area contributed by atoms with Gasteiger partial charge in [0.15, 0.2) is 0 Å². The van der Waals surface area contributed by atoms with Crippen LogP contribution in [0.3, 0.4) is 0 Å². The van der Waals surface area contributed by atoms with Crippen molar-refractivity contribution in [2.24, 2.45) is 35.1 Å². The Hall–Kier alpha value is -2.36. The summed E-state index contributed by atoms with van der Waals surface area (Å²) >= 11 is 0. The number of nitrogens with zero attached hydrogens (tertiary/aromatic N) is 3. The summed E-state index contributed by atoms with van der Waals surface area (Å²) in [7, 11) is 0. The molecule has 4 bridgehead atoms. The van der Waals surface area contributed by atoms with Gasteiger partial charge in [-0.05, 0) is 88.2 Å². The first-order valence-electron chi connectivity index (χ1n) is 12.4. The van der Waals surface area contributed by atoms with Crippen molar-refractivity contribution in [1.29, 1.82) is 0 Å². The lowest BCUT2D eigenvalue weighted by Gasteiger charge is -2.49. The molecule has 6 rings (SSSR count). The summed E-state index contributed by atoms with van der Waals surface area (Å²) in [6.45, 7) is 5.88. The molecule has 196 valence electrons. The van der Waals surface area contributed by atoms with Crippen LogP contribution in [0.1, 0.15) is 57.9 Å². The maximum atomic E-state index is 12.5. The van der Waals surface area contributed by atoms with Crippen LogP contribution in [0, 0.1) is 23.7 Å². The van der Waals surface area contributed by atoms with E-state index in [2.05, 4.69) is 10.7 Å². The van der Waals surface area contributed by atoms with Gasteiger partial charge in [-0.1, -0.05) is 0 Å². The molecule has 1 aromatic rings. The molecule has 0 atom stereocenters. The second kappa shape index (κ2) is 11.1. The molecule has 35 heavy (non-hydrogen) atoms. The van der Waals surface area contributed by atoms with Crippen molar-refractivity contribution in [2.45, 2.75) is 64.1 Å². The van der Waals surface area contributed by atoms with Crippen LogP contribution in [0.5, 0.6) is 0 Å². The Bertz CT molecular complexity index is 795. The van der Waals surface area contributed by atoms with Crippen molar-refractivity contribution in [3.63, 3.8) is 0 Å². The molecule has 7 nitrogen and oxygen atoms in total. The normalized spacial score (nSPS) is 27.9. The third-order valence-corrected chi connectivity index (χ3v) is 8.07. The molecular formula is C25H38F3N5O2. The Morgan fingerprint density at radius 2 is 1.37 bits per heavy atom.